The van der Waals surface area contributed by atoms with Gasteiger partial charge in [0.1, 0.15) is 5.52 Å². The Balaban J connectivity index is 1.52. The monoisotopic (exact) mass is 366 g/mol. The van der Waals surface area contributed by atoms with Crippen molar-refractivity contribution in [2.24, 2.45) is 0 Å². The van der Waals surface area contributed by atoms with Gasteiger partial charge in [0.2, 0.25) is 0 Å². The number of amides is 1. The molecule has 0 bridgehead atoms. The summed E-state index contributed by atoms with van der Waals surface area (Å²) in [7, 11) is 3.92. The molecule has 0 saturated carbocycles. The molecule has 0 saturated heterocycles. The molecule has 0 aliphatic carbocycles. The van der Waals surface area contributed by atoms with Gasteiger partial charge < -0.3 is 19.5 Å². The molecule has 0 radical (unpaired) electrons. The van der Waals surface area contributed by atoms with Crippen LogP contribution in [0.3, 0.4) is 0 Å². The van der Waals surface area contributed by atoms with Gasteiger partial charge in [0, 0.05) is 45.0 Å². The summed E-state index contributed by atoms with van der Waals surface area (Å²) in [5, 5.41) is 2.99. The lowest BCUT2D eigenvalue weighted by molar-refractivity contribution is 0.0953. The maximum absolute atomic E-state index is 12.3. The summed E-state index contributed by atoms with van der Waals surface area (Å²) in [6, 6.07) is 16.0. The van der Waals surface area contributed by atoms with Crippen LogP contribution in [0.25, 0.3) is 11.1 Å². The molecule has 0 unspecified atom stereocenters. The van der Waals surface area contributed by atoms with Gasteiger partial charge in [-0.05, 0) is 43.7 Å². The normalized spacial score (nSPS) is 10.8. The van der Waals surface area contributed by atoms with E-state index in [0.29, 0.717) is 18.1 Å². The first-order valence-electron chi connectivity index (χ1n) is 9.24. The summed E-state index contributed by atoms with van der Waals surface area (Å²) < 4.78 is 5.83. The molecule has 1 heterocycles. The predicted octanol–water partition coefficient (Wildman–Crippen LogP) is 3.54. The molecule has 6 nitrogen and oxygen atoms in total. The van der Waals surface area contributed by atoms with Crippen LogP contribution >= 0.6 is 0 Å². The molecule has 142 valence electrons. The standard InChI is InChI=1S/C21H26N4O2/c1-4-25(21-23-18-11-5-6-12-19(18)27-21)14-8-13-22-20(26)16-9-7-10-17(15-16)24(2)3/h5-7,9-12,15H,4,8,13-14H2,1-3H3,(H,22,26). The number of hydrogen-bond donors (Lipinski definition) is 1. The van der Waals surface area contributed by atoms with E-state index in [1.165, 1.54) is 0 Å². The number of para-hydroxylation sites is 2. The summed E-state index contributed by atoms with van der Waals surface area (Å²) in [5.41, 5.74) is 3.34. The van der Waals surface area contributed by atoms with Crippen LogP contribution in [0.5, 0.6) is 0 Å². The van der Waals surface area contributed by atoms with Crippen LogP contribution in [0, 0.1) is 0 Å². The third kappa shape index (κ3) is 4.58. The number of benzene rings is 2. The van der Waals surface area contributed by atoms with E-state index in [9.17, 15) is 4.79 Å². The van der Waals surface area contributed by atoms with Crippen molar-refractivity contribution < 1.29 is 9.21 Å². The first-order chi connectivity index (χ1) is 13.1. The summed E-state index contributed by atoms with van der Waals surface area (Å²) >= 11 is 0. The maximum Gasteiger partial charge on any atom is 0.298 e. The number of nitrogens with zero attached hydrogens (tertiary/aromatic N) is 3. The Morgan fingerprint density at radius 2 is 1.96 bits per heavy atom. The number of carbonyl (C=O) groups excluding carboxylic acids is 1. The molecule has 1 amide bonds. The van der Waals surface area contributed by atoms with Gasteiger partial charge in [-0.1, -0.05) is 18.2 Å². The molecule has 0 fully saturated rings. The van der Waals surface area contributed by atoms with Crippen LogP contribution in [0.2, 0.25) is 0 Å². The molecule has 2 aromatic carbocycles. The second kappa shape index (κ2) is 8.58. The number of nitrogens with one attached hydrogen (secondary N) is 1. The lowest BCUT2D eigenvalue weighted by Crippen LogP contribution is -2.30. The van der Waals surface area contributed by atoms with Crippen LogP contribution in [0.15, 0.2) is 52.9 Å². The van der Waals surface area contributed by atoms with Crippen molar-refractivity contribution in [2.45, 2.75) is 13.3 Å². The quantitative estimate of drug-likeness (QED) is 0.618. The molecular weight excluding hydrogens is 340 g/mol. The van der Waals surface area contributed by atoms with E-state index in [1.54, 1.807) is 0 Å². The van der Waals surface area contributed by atoms with E-state index in [0.717, 1.165) is 36.3 Å². The molecule has 3 aromatic rings. The highest BCUT2D eigenvalue weighted by molar-refractivity contribution is 5.95. The molecule has 0 spiro atoms. The summed E-state index contributed by atoms with van der Waals surface area (Å²) in [6.45, 7) is 4.23. The number of hydrogen-bond acceptors (Lipinski definition) is 5. The Kier molecular flexibility index (Phi) is 5.96. The van der Waals surface area contributed by atoms with E-state index in [4.69, 9.17) is 4.42 Å². The zero-order valence-corrected chi connectivity index (χ0v) is 16.1. The van der Waals surface area contributed by atoms with E-state index >= 15 is 0 Å². The van der Waals surface area contributed by atoms with Crippen molar-refractivity contribution in [2.75, 3.05) is 43.5 Å². The summed E-state index contributed by atoms with van der Waals surface area (Å²) in [4.78, 5) is 21.0. The average Bonchev–Trinajstić information content (AvgIpc) is 3.11. The number of anilines is 2. The van der Waals surface area contributed by atoms with E-state index in [-0.39, 0.29) is 5.91 Å². The number of aromatic nitrogens is 1. The Hall–Kier alpha value is -3.02. The predicted molar refractivity (Wildman–Crippen MR) is 110 cm³/mol. The van der Waals surface area contributed by atoms with Crippen molar-refractivity contribution in [3.63, 3.8) is 0 Å². The van der Waals surface area contributed by atoms with Gasteiger partial charge in [0.05, 0.1) is 0 Å². The van der Waals surface area contributed by atoms with E-state index in [1.807, 2.05) is 67.5 Å². The minimum atomic E-state index is -0.0522. The minimum Gasteiger partial charge on any atom is -0.423 e. The van der Waals surface area contributed by atoms with Gasteiger partial charge in [-0.2, -0.15) is 4.98 Å². The number of fused-ring (bicyclic) bond motifs is 1. The summed E-state index contributed by atoms with van der Waals surface area (Å²) in [5.74, 6) is -0.0522. The van der Waals surface area contributed by atoms with Crippen LogP contribution in [0.1, 0.15) is 23.7 Å². The molecule has 0 atom stereocenters. The second-order valence-electron chi connectivity index (χ2n) is 6.60. The number of carbonyl (C=O) groups is 1. The molecule has 3 rings (SSSR count). The Bertz CT molecular complexity index is 871. The Labute approximate surface area is 159 Å². The zero-order chi connectivity index (χ0) is 19.2. The van der Waals surface area contributed by atoms with Crippen molar-refractivity contribution in [3.05, 3.63) is 54.1 Å². The molecule has 0 aliphatic heterocycles. The molecule has 1 aromatic heterocycles. The highest BCUT2D eigenvalue weighted by atomic mass is 16.4. The van der Waals surface area contributed by atoms with Crippen molar-refractivity contribution in [3.8, 4) is 0 Å². The fraction of sp³-hybridized carbons (Fsp3) is 0.333. The Morgan fingerprint density at radius 1 is 1.15 bits per heavy atom. The maximum atomic E-state index is 12.3. The summed E-state index contributed by atoms with van der Waals surface area (Å²) in [6.07, 6.45) is 0.811. The highest BCUT2D eigenvalue weighted by Crippen LogP contribution is 2.21. The lowest BCUT2D eigenvalue weighted by Gasteiger charge is -2.18. The van der Waals surface area contributed by atoms with Crippen molar-refractivity contribution >= 4 is 28.7 Å². The van der Waals surface area contributed by atoms with Gasteiger partial charge in [0.15, 0.2) is 5.58 Å². The van der Waals surface area contributed by atoms with E-state index in [2.05, 4.69) is 22.1 Å². The van der Waals surface area contributed by atoms with Crippen molar-refractivity contribution in [1.29, 1.82) is 0 Å². The molecule has 1 N–H and O–H groups in total. The number of rotatable bonds is 8. The second-order valence-corrected chi connectivity index (χ2v) is 6.60. The van der Waals surface area contributed by atoms with Crippen molar-refractivity contribution in [1.82, 2.24) is 10.3 Å². The fourth-order valence-corrected chi connectivity index (χ4v) is 2.88. The topological polar surface area (TPSA) is 61.6 Å². The first-order valence-corrected chi connectivity index (χ1v) is 9.24. The molecule has 27 heavy (non-hydrogen) atoms. The van der Waals surface area contributed by atoms with Crippen LogP contribution in [-0.2, 0) is 0 Å². The lowest BCUT2D eigenvalue weighted by atomic mass is 10.2. The fourth-order valence-electron chi connectivity index (χ4n) is 2.88. The first kappa shape index (κ1) is 18.8. The molecule has 6 heteroatoms. The molecular formula is C21H26N4O2. The van der Waals surface area contributed by atoms with E-state index < -0.39 is 0 Å². The van der Waals surface area contributed by atoms with Gasteiger partial charge in [0.25, 0.3) is 11.9 Å². The van der Waals surface area contributed by atoms with Crippen LogP contribution in [0.4, 0.5) is 11.7 Å². The van der Waals surface area contributed by atoms with Gasteiger partial charge in [-0.15, -0.1) is 0 Å². The molecule has 0 aliphatic rings. The highest BCUT2D eigenvalue weighted by Gasteiger charge is 2.12. The van der Waals surface area contributed by atoms with Crippen LogP contribution in [-0.4, -0.2) is 44.6 Å². The van der Waals surface area contributed by atoms with Gasteiger partial charge in [-0.25, -0.2) is 0 Å². The average molecular weight is 366 g/mol. The largest absolute Gasteiger partial charge is 0.423 e. The zero-order valence-electron chi connectivity index (χ0n) is 16.1. The van der Waals surface area contributed by atoms with Gasteiger partial charge >= 0.3 is 0 Å². The minimum absolute atomic E-state index is 0.0522. The SMILES string of the molecule is CCN(CCCNC(=O)c1cccc(N(C)C)c1)c1nc2ccccc2o1. The Morgan fingerprint density at radius 3 is 2.70 bits per heavy atom. The number of oxazole rings is 1. The smallest absolute Gasteiger partial charge is 0.298 e. The third-order valence-electron chi connectivity index (χ3n) is 4.45. The van der Waals surface area contributed by atoms with Gasteiger partial charge in [-0.3, -0.25) is 4.79 Å². The third-order valence-corrected chi connectivity index (χ3v) is 4.45. The van der Waals surface area contributed by atoms with Crippen LogP contribution < -0.4 is 15.1 Å².